The Morgan fingerprint density at radius 1 is 0.895 bits per heavy atom. The van der Waals surface area contributed by atoms with E-state index in [2.05, 4.69) is 45.1 Å². The molecule has 0 spiro atoms. The van der Waals surface area contributed by atoms with Crippen molar-refractivity contribution >= 4 is 17.2 Å². The number of nitrogen functional groups attached to an aromatic ring is 1. The second-order valence-corrected chi connectivity index (χ2v) is 4.76. The number of anilines is 3. The number of rotatable bonds is 2. The Labute approximate surface area is 113 Å². The summed E-state index contributed by atoms with van der Waals surface area (Å²) in [6.45, 7) is 3.98. The van der Waals surface area contributed by atoms with Gasteiger partial charge >= 0.3 is 0 Å². The molecule has 0 unspecified atom stereocenters. The van der Waals surface area contributed by atoms with Crippen molar-refractivity contribution in [3.8, 4) is 0 Å². The summed E-state index contributed by atoms with van der Waals surface area (Å²) < 4.78 is 0. The molecule has 2 N–H and O–H groups in total. The highest BCUT2D eigenvalue weighted by Crippen LogP contribution is 2.19. The topological polar surface area (TPSA) is 45.4 Å². The highest BCUT2D eigenvalue weighted by atomic mass is 15.3. The number of nitrogens with two attached hydrogens (primary N) is 1. The molecule has 0 aliphatic carbocycles. The SMILES string of the molecule is Nc1ccnc(N2CCN(c3ccccc3)CC2)c1. The second-order valence-electron chi connectivity index (χ2n) is 4.76. The molecule has 1 aromatic carbocycles. The quantitative estimate of drug-likeness (QED) is 0.890. The average molecular weight is 254 g/mol. The Morgan fingerprint density at radius 2 is 1.58 bits per heavy atom. The molecule has 1 aromatic heterocycles. The Balaban J connectivity index is 1.67. The van der Waals surface area contributed by atoms with Gasteiger partial charge in [0, 0.05) is 49.8 Å². The van der Waals surface area contributed by atoms with E-state index in [9.17, 15) is 0 Å². The van der Waals surface area contributed by atoms with Crippen LogP contribution in [0.3, 0.4) is 0 Å². The van der Waals surface area contributed by atoms with Crippen molar-refractivity contribution in [2.75, 3.05) is 41.7 Å². The Hall–Kier alpha value is -2.23. The molecule has 1 aliphatic rings. The van der Waals surface area contributed by atoms with Crippen molar-refractivity contribution in [1.29, 1.82) is 0 Å². The fourth-order valence-electron chi connectivity index (χ4n) is 2.44. The highest BCUT2D eigenvalue weighted by Gasteiger charge is 2.18. The zero-order valence-corrected chi connectivity index (χ0v) is 10.9. The fourth-order valence-corrected chi connectivity index (χ4v) is 2.44. The largest absolute Gasteiger partial charge is 0.399 e. The van der Waals surface area contributed by atoms with Gasteiger partial charge in [0.15, 0.2) is 0 Å². The van der Waals surface area contributed by atoms with Crippen LogP contribution in [0.25, 0.3) is 0 Å². The van der Waals surface area contributed by atoms with E-state index < -0.39 is 0 Å². The van der Waals surface area contributed by atoms with Gasteiger partial charge in [-0.05, 0) is 18.2 Å². The second kappa shape index (κ2) is 5.18. The molecule has 0 atom stereocenters. The van der Waals surface area contributed by atoms with Crippen LogP contribution in [-0.4, -0.2) is 31.2 Å². The van der Waals surface area contributed by atoms with Crippen LogP contribution in [0.4, 0.5) is 17.2 Å². The molecule has 98 valence electrons. The van der Waals surface area contributed by atoms with E-state index in [1.807, 2.05) is 12.1 Å². The van der Waals surface area contributed by atoms with Gasteiger partial charge in [0.25, 0.3) is 0 Å². The molecule has 3 rings (SSSR count). The number of aromatic nitrogens is 1. The molecule has 0 radical (unpaired) electrons. The minimum Gasteiger partial charge on any atom is -0.399 e. The molecule has 1 saturated heterocycles. The van der Waals surface area contributed by atoms with E-state index in [0.29, 0.717) is 0 Å². The molecule has 4 nitrogen and oxygen atoms in total. The van der Waals surface area contributed by atoms with E-state index in [0.717, 1.165) is 37.7 Å². The molecule has 2 aromatic rings. The van der Waals surface area contributed by atoms with Crippen LogP contribution in [0.15, 0.2) is 48.7 Å². The number of benzene rings is 1. The first-order valence-electron chi connectivity index (χ1n) is 6.59. The summed E-state index contributed by atoms with van der Waals surface area (Å²) in [7, 11) is 0. The lowest BCUT2D eigenvalue weighted by molar-refractivity contribution is 0.647. The molecule has 1 aliphatic heterocycles. The molecule has 0 saturated carbocycles. The van der Waals surface area contributed by atoms with Crippen molar-refractivity contribution in [3.05, 3.63) is 48.7 Å². The maximum atomic E-state index is 5.81. The van der Waals surface area contributed by atoms with Gasteiger partial charge in [-0.1, -0.05) is 18.2 Å². The smallest absolute Gasteiger partial charge is 0.130 e. The molecule has 0 bridgehead atoms. The summed E-state index contributed by atoms with van der Waals surface area (Å²) in [6.07, 6.45) is 1.77. The maximum Gasteiger partial charge on any atom is 0.130 e. The first-order chi connectivity index (χ1) is 9.33. The molecule has 19 heavy (non-hydrogen) atoms. The molecule has 4 heteroatoms. The van der Waals surface area contributed by atoms with Crippen LogP contribution in [0.1, 0.15) is 0 Å². The van der Waals surface area contributed by atoms with E-state index >= 15 is 0 Å². The van der Waals surface area contributed by atoms with Gasteiger partial charge in [-0.25, -0.2) is 4.98 Å². The van der Waals surface area contributed by atoms with Gasteiger partial charge in [-0.3, -0.25) is 0 Å². The zero-order chi connectivity index (χ0) is 13.1. The van der Waals surface area contributed by atoms with Crippen molar-refractivity contribution in [2.45, 2.75) is 0 Å². The van der Waals surface area contributed by atoms with Crippen molar-refractivity contribution in [2.24, 2.45) is 0 Å². The van der Waals surface area contributed by atoms with Crippen molar-refractivity contribution in [3.63, 3.8) is 0 Å². The predicted octanol–water partition coefficient (Wildman–Crippen LogP) is 1.99. The van der Waals surface area contributed by atoms with Gasteiger partial charge in [-0.15, -0.1) is 0 Å². The van der Waals surface area contributed by atoms with Crippen LogP contribution < -0.4 is 15.5 Å². The Kier molecular flexibility index (Phi) is 3.23. The summed E-state index contributed by atoms with van der Waals surface area (Å²) >= 11 is 0. The molecule has 2 heterocycles. The summed E-state index contributed by atoms with van der Waals surface area (Å²) in [6, 6.07) is 14.3. The van der Waals surface area contributed by atoms with Crippen LogP contribution in [0, 0.1) is 0 Å². The third-order valence-corrected chi connectivity index (χ3v) is 3.49. The standard InChI is InChI=1S/C15H18N4/c16-13-6-7-17-15(12-13)19-10-8-18(9-11-19)14-4-2-1-3-5-14/h1-7,12H,8-11H2,(H2,16,17). The van der Waals surface area contributed by atoms with E-state index in [1.165, 1.54) is 5.69 Å². The summed E-state index contributed by atoms with van der Waals surface area (Å²) in [5, 5.41) is 0. The third-order valence-electron chi connectivity index (χ3n) is 3.49. The lowest BCUT2D eigenvalue weighted by Crippen LogP contribution is -2.46. The predicted molar refractivity (Wildman–Crippen MR) is 79.5 cm³/mol. The number of nitrogens with zero attached hydrogens (tertiary/aromatic N) is 3. The number of para-hydroxylation sites is 1. The summed E-state index contributed by atoms with van der Waals surface area (Å²) in [5.74, 6) is 0.979. The Bertz CT molecular complexity index is 533. The van der Waals surface area contributed by atoms with E-state index in [-0.39, 0.29) is 0 Å². The normalized spacial score (nSPS) is 15.6. The number of hydrogen-bond donors (Lipinski definition) is 1. The lowest BCUT2D eigenvalue weighted by atomic mass is 10.2. The van der Waals surface area contributed by atoms with Gasteiger partial charge in [0.05, 0.1) is 0 Å². The molecular weight excluding hydrogens is 236 g/mol. The van der Waals surface area contributed by atoms with Gasteiger partial charge in [0.2, 0.25) is 0 Å². The van der Waals surface area contributed by atoms with E-state index in [4.69, 9.17) is 5.73 Å². The van der Waals surface area contributed by atoms with E-state index in [1.54, 1.807) is 6.20 Å². The monoisotopic (exact) mass is 254 g/mol. The summed E-state index contributed by atoms with van der Waals surface area (Å²) in [5.41, 5.74) is 7.87. The number of piperazine rings is 1. The zero-order valence-electron chi connectivity index (χ0n) is 10.9. The third kappa shape index (κ3) is 2.62. The lowest BCUT2D eigenvalue weighted by Gasteiger charge is -2.36. The molecule has 1 fully saturated rings. The minimum atomic E-state index is 0.774. The van der Waals surface area contributed by atoms with Gasteiger partial charge in [0.1, 0.15) is 5.82 Å². The fraction of sp³-hybridized carbons (Fsp3) is 0.267. The van der Waals surface area contributed by atoms with Crippen LogP contribution >= 0.6 is 0 Å². The first kappa shape index (κ1) is 11.8. The minimum absolute atomic E-state index is 0.774. The number of hydrogen-bond acceptors (Lipinski definition) is 4. The van der Waals surface area contributed by atoms with Gasteiger partial charge < -0.3 is 15.5 Å². The van der Waals surface area contributed by atoms with Crippen molar-refractivity contribution in [1.82, 2.24) is 4.98 Å². The summed E-state index contributed by atoms with van der Waals surface area (Å²) in [4.78, 5) is 9.08. The van der Waals surface area contributed by atoms with Crippen molar-refractivity contribution < 1.29 is 0 Å². The van der Waals surface area contributed by atoms with Crippen LogP contribution in [0.2, 0.25) is 0 Å². The number of pyridine rings is 1. The molecule has 0 amide bonds. The first-order valence-corrected chi connectivity index (χ1v) is 6.59. The molecular formula is C15H18N4. The highest BCUT2D eigenvalue weighted by molar-refractivity contribution is 5.53. The maximum absolute atomic E-state index is 5.81. The Morgan fingerprint density at radius 3 is 2.26 bits per heavy atom. The van der Waals surface area contributed by atoms with Gasteiger partial charge in [-0.2, -0.15) is 0 Å². The van der Waals surface area contributed by atoms with Crippen LogP contribution in [-0.2, 0) is 0 Å². The average Bonchev–Trinajstić information content (AvgIpc) is 2.48. The van der Waals surface area contributed by atoms with Crippen LogP contribution in [0.5, 0.6) is 0 Å².